The molecular formula is C7H6ClNO2. The maximum Gasteiger partial charge on any atom is 0.356 e. The first-order valence-corrected chi connectivity index (χ1v) is 3.23. The molecule has 1 aromatic rings. The summed E-state index contributed by atoms with van der Waals surface area (Å²) in [5, 5.41) is 0. The van der Waals surface area contributed by atoms with Gasteiger partial charge in [-0.05, 0) is 18.2 Å². The van der Waals surface area contributed by atoms with Crippen LogP contribution in [0.4, 0.5) is 5.69 Å². The Morgan fingerprint density at radius 3 is 2.82 bits per heavy atom. The molecule has 3 nitrogen and oxygen atoms in total. The summed E-state index contributed by atoms with van der Waals surface area (Å²) in [6.45, 7) is 0. The van der Waals surface area contributed by atoms with Gasteiger partial charge in [-0.2, -0.15) is 0 Å². The van der Waals surface area contributed by atoms with Crippen LogP contribution in [0.15, 0.2) is 24.3 Å². The third-order valence-corrected chi connectivity index (χ3v) is 1.33. The van der Waals surface area contributed by atoms with Crippen LogP contribution in [0.5, 0.6) is 0 Å². The molecular weight excluding hydrogens is 166 g/mol. The topological polar surface area (TPSA) is 52.3 Å². The largest absolute Gasteiger partial charge is 0.399 e. The molecule has 0 fully saturated rings. The normalized spacial score (nSPS) is 9.18. The Morgan fingerprint density at radius 1 is 1.55 bits per heavy atom. The summed E-state index contributed by atoms with van der Waals surface area (Å²) in [7, 11) is 0. The van der Waals surface area contributed by atoms with E-state index in [4.69, 9.17) is 17.6 Å². The van der Waals surface area contributed by atoms with Gasteiger partial charge in [-0.25, -0.2) is 4.79 Å². The molecule has 1 aromatic carbocycles. The fourth-order valence-electron chi connectivity index (χ4n) is 0.710. The third-order valence-electron chi connectivity index (χ3n) is 1.19. The summed E-state index contributed by atoms with van der Waals surface area (Å²) < 4.78 is 3.97. The molecule has 0 atom stereocenters. The van der Waals surface area contributed by atoms with Gasteiger partial charge in [-0.3, -0.25) is 0 Å². The van der Waals surface area contributed by atoms with Gasteiger partial charge in [0.15, 0.2) is 0 Å². The summed E-state index contributed by atoms with van der Waals surface area (Å²) in [5.74, 6) is -0.598. The molecule has 0 aromatic heterocycles. The van der Waals surface area contributed by atoms with E-state index in [-0.39, 0.29) is 0 Å². The first kappa shape index (κ1) is 7.88. The first-order chi connectivity index (χ1) is 5.24. The van der Waals surface area contributed by atoms with Gasteiger partial charge in [0.05, 0.1) is 5.56 Å². The van der Waals surface area contributed by atoms with Crippen LogP contribution >= 0.6 is 11.9 Å². The maximum absolute atomic E-state index is 10.8. The number of anilines is 1. The van der Waals surface area contributed by atoms with Gasteiger partial charge < -0.3 is 10.0 Å². The van der Waals surface area contributed by atoms with Crippen molar-refractivity contribution in [3.8, 4) is 0 Å². The highest BCUT2D eigenvalue weighted by atomic mass is 35.5. The number of hydrogen-bond donors (Lipinski definition) is 1. The molecule has 0 aliphatic rings. The number of hydrogen-bond acceptors (Lipinski definition) is 3. The van der Waals surface area contributed by atoms with E-state index in [1.807, 2.05) is 0 Å². The lowest BCUT2D eigenvalue weighted by Gasteiger charge is -1.96. The second kappa shape index (κ2) is 3.25. The maximum atomic E-state index is 10.8. The van der Waals surface area contributed by atoms with E-state index >= 15 is 0 Å². The van der Waals surface area contributed by atoms with Gasteiger partial charge in [0.25, 0.3) is 0 Å². The molecule has 58 valence electrons. The van der Waals surface area contributed by atoms with Crippen LogP contribution in [-0.2, 0) is 4.29 Å². The van der Waals surface area contributed by atoms with Gasteiger partial charge in [-0.1, -0.05) is 6.07 Å². The monoisotopic (exact) mass is 171 g/mol. The van der Waals surface area contributed by atoms with Crippen molar-refractivity contribution >= 4 is 23.5 Å². The molecule has 2 N–H and O–H groups in total. The summed E-state index contributed by atoms with van der Waals surface area (Å²) in [6, 6.07) is 6.38. The molecule has 0 saturated carbocycles. The van der Waals surface area contributed by atoms with Gasteiger partial charge in [0, 0.05) is 5.69 Å². The average molecular weight is 172 g/mol. The number of carbonyl (C=O) groups is 1. The van der Waals surface area contributed by atoms with Crippen molar-refractivity contribution < 1.29 is 9.08 Å². The van der Waals surface area contributed by atoms with Crippen molar-refractivity contribution in [2.24, 2.45) is 0 Å². The molecule has 0 spiro atoms. The molecule has 4 heteroatoms. The van der Waals surface area contributed by atoms with Crippen LogP contribution in [0.3, 0.4) is 0 Å². The molecule has 0 bridgehead atoms. The Labute approximate surface area is 68.9 Å². The van der Waals surface area contributed by atoms with E-state index in [1.165, 1.54) is 6.07 Å². The van der Waals surface area contributed by atoms with Crippen LogP contribution in [0, 0.1) is 0 Å². The van der Waals surface area contributed by atoms with Gasteiger partial charge >= 0.3 is 5.97 Å². The van der Waals surface area contributed by atoms with E-state index < -0.39 is 5.97 Å². The number of halogens is 1. The van der Waals surface area contributed by atoms with E-state index in [2.05, 4.69) is 4.29 Å². The van der Waals surface area contributed by atoms with Gasteiger partial charge in [0.1, 0.15) is 11.9 Å². The lowest BCUT2D eigenvalue weighted by molar-refractivity contribution is 0.0751. The van der Waals surface area contributed by atoms with Crippen molar-refractivity contribution in [2.45, 2.75) is 0 Å². The number of rotatable bonds is 1. The lowest BCUT2D eigenvalue weighted by Crippen LogP contribution is -1.98. The van der Waals surface area contributed by atoms with E-state index in [0.29, 0.717) is 11.3 Å². The van der Waals surface area contributed by atoms with Crippen LogP contribution in [0.2, 0.25) is 0 Å². The SMILES string of the molecule is Nc1cccc(C(=O)OCl)c1. The van der Waals surface area contributed by atoms with Crippen LogP contribution in [0.1, 0.15) is 10.4 Å². The molecule has 0 aliphatic carbocycles. The summed E-state index contributed by atoms with van der Waals surface area (Å²) in [4.78, 5) is 10.8. The van der Waals surface area contributed by atoms with E-state index in [0.717, 1.165) is 0 Å². The van der Waals surface area contributed by atoms with Crippen LogP contribution in [0.25, 0.3) is 0 Å². The van der Waals surface area contributed by atoms with Crippen LogP contribution in [-0.4, -0.2) is 5.97 Å². The Hall–Kier alpha value is -1.22. The molecule has 0 saturated heterocycles. The van der Waals surface area contributed by atoms with Gasteiger partial charge in [-0.15, -0.1) is 0 Å². The highest BCUT2D eigenvalue weighted by molar-refractivity contribution is 6.15. The van der Waals surface area contributed by atoms with Gasteiger partial charge in [0.2, 0.25) is 0 Å². The summed E-state index contributed by atoms with van der Waals surface area (Å²) in [6.07, 6.45) is 0. The lowest BCUT2D eigenvalue weighted by atomic mass is 10.2. The zero-order chi connectivity index (χ0) is 8.27. The summed E-state index contributed by atoms with van der Waals surface area (Å²) in [5.41, 5.74) is 6.25. The Morgan fingerprint density at radius 2 is 2.27 bits per heavy atom. The number of nitrogen functional groups attached to an aromatic ring is 1. The first-order valence-electron chi connectivity index (χ1n) is 2.92. The van der Waals surface area contributed by atoms with Crippen molar-refractivity contribution in [2.75, 3.05) is 5.73 Å². The smallest absolute Gasteiger partial charge is 0.356 e. The van der Waals surface area contributed by atoms with Crippen molar-refractivity contribution in [3.63, 3.8) is 0 Å². The summed E-state index contributed by atoms with van der Waals surface area (Å²) >= 11 is 4.85. The number of carbonyl (C=O) groups excluding carboxylic acids is 1. The minimum absolute atomic E-state index is 0.347. The standard InChI is InChI=1S/C7H6ClNO2/c8-11-7(10)5-2-1-3-6(9)4-5/h1-4H,9H2. The minimum Gasteiger partial charge on any atom is -0.399 e. The Balaban J connectivity index is 2.96. The van der Waals surface area contributed by atoms with Crippen LogP contribution < -0.4 is 5.73 Å². The molecule has 0 heterocycles. The number of nitrogens with two attached hydrogens (primary N) is 1. The predicted molar refractivity (Wildman–Crippen MR) is 42.1 cm³/mol. The highest BCUT2D eigenvalue weighted by Crippen LogP contribution is 2.08. The fraction of sp³-hybridized carbons (Fsp3) is 0. The van der Waals surface area contributed by atoms with Crippen molar-refractivity contribution in [3.05, 3.63) is 29.8 Å². The fourth-order valence-corrected chi connectivity index (χ4v) is 0.799. The predicted octanol–water partition coefficient (Wildman–Crippen LogP) is 1.58. The Kier molecular flexibility index (Phi) is 2.33. The second-order valence-corrected chi connectivity index (χ2v) is 2.14. The molecule has 0 radical (unpaired) electrons. The molecule has 0 aliphatic heterocycles. The average Bonchev–Trinajstić information content (AvgIpc) is 2.03. The minimum atomic E-state index is -0.598. The Bertz CT molecular complexity index is 275. The molecule has 11 heavy (non-hydrogen) atoms. The zero-order valence-electron chi connectivity index (χ0n) is 5.58. The van der Waals surface area contributed by atoms with E-state index in [1.54, 1.807) is 18.2 Å². The van der Waals surface area contributed by atoms with Crippen molar-refractivity contribution in [1.29, 1.82) is 0 Å². The quantitative estimate of drug-likeness (QED) is 0.653. The third kappa shape index (κ3) is 1.85. The highest BCUT2D eigenvalue weighted by Gasteiger charge is 2.04. The van der Waals surface area contributed by atoms with E-state index in [9.17, 15) is 4.79 Å². The molecule has 0 amide bonds. The molecule has 0 unspecified atom stereocenters. The van der Waals surface area contributed by atoms with Crippen molar-refractivity contribution in [1.82, 2.24) is 0 Å². The number of benzene rings is 1. The second-order valence-electron chi connectivity index (χ2n) is 1.99. The molecule has 1 rings (SSSR count). The zero-order valence-corrected chi connectivity index (χ0v) is 6.34.